The number of urea groups is 2. The Morgan fingerprint density at radius 1 is 1.25 bits per heavy atom. The van der Waals surface area contributed by atoms with Crippen LogP contribution in [-0.2, 0) is 15.1 Å². The van der Waals surface area contributed by atoms with Crippen LogP contribution in [0.2, 0.25) is 0 Å². The van der Waals surface area contributed by atoms with Crippen molar-refractivity contribution in [2.75, 3.05) is 6.54 Å². The molecular weight excluding hydrogens is 428 g/mol. The molecular formula is C19H23BrN4O4. The van der Waals surface area contributed by atoms with Gasteiger partial charge in [0.25, 0.3) is 5.91 Å². The number of amides is 6. The highest BCUT2D eigenvalue weighted by Gasteiger charge is 2.49. The van der Waals surface area contributed by atoms with E-state index >= 15 is 0 Å². The summed E-state index contributed by atoms with van der Waals surface area (Å²) in [4.78, 5) is 50.1. The minimum Gasteiger partial charge on any atom is -0.335 e. The van der Waals surface area contributed by atoms with Crippen molar-refractivity contribution in [1.82, 2.24) is 20.9 Å². The first-order valence-corrected chi connectivity index (χ1v) is 10.1. The second-order valence-corrected chi connectivity index (χ2v) is 8.23. The third-order valence-corrected chi connectivity index (χ3v) is 5.67. The predicted molar refractivity (Wildman–Crippen MR) is 105 cm³/mol. The van der Waals surface area contributed by atoms with Crippen molar-refractivity contribution >= 4 is 39.8 Å². The molecule has 3 rings (SSSR count). The Morgan fingerprint density at radius 2 is 1.96 bits per heavy atom. The molecule has 2 fully saturated rings. The Balaban J connectivity index is 1.60. The minimum absolute atomic E-state index is 0.0538. The molecule has 0 spiro atoms. The fraction of sp³-hybridized carbons (Fsp3) is 0.474. The van der Waals surface area contributed by atoms with Gasteiger partial charge in [-0.1, -0.05) is 47.3 Å². The summed E-state index contributed by atoms with van der Waals surface area (Å²) in [6.45, 7) is 1.06. The number of carbonyl (C=O) groups excluding carboxylic acids is 4. The molecule has 1 atom stereocenters. The summed E-state index contributed by atoms with van der Waals surface area (Å²) < 4.78 is 0.767. The monoisotopic (exact) mass is 450 g/mol. The second kappa shape index (κ2) is 8.30. The number of halogens is 1. The maximum absolute atomic E-state index is 12.8. The molecule has 9 heteroatoms. The number of nitrogens with zero attached hydrogens (tertiary/aromatic N) is 1. The van der Waals surface area contributed by atoms with E-state index in [2.05, 4.69) is 31.9 Å². The molecule has 2 aliphatic rings. The lowest BCUT2D eigenvalue weighted by Gasteiger charge is -2.23. The van der Waals surface area contributed by atoms with Gasteiger partial charge >= 0.3 is 12.1 Å². The van der Waals surface area contributed by atoms with Crippen molar-refractivity contribution in [3.05, 3.63) is 34.3 Å². The maximum Gasteiger partial charge on any atom is 0.325 e. The van der Waals surface area contributed by atoms with Crippen LogP contribution in [0.3, 0.4) is 0 Å². The Bertz CT molecular complexity index is 809. The van der Waals surface area contributed by atoms with Crippen LogP contribution >= 0.6 is 15.9 Å². The van der Waals surface area contributed by atoms with Crippen molar-refractivity contribution in [3.63, 3.8) is 0 Å². The first kappa shape index (κ1) is 20.3. The molecule has 0 unspecified atom stereocenters. The standard InChI is InChI=1S/C19H23BrN4O4/c1-19(12-6-5-7-13(20)10-12)16(26)24(18(28)23-19)11-15(25)22-17(27)21-14-8-3-2-4-9-14/h5-7,10,14H,2-4,8-9,11H2,1H3,(H,23,28)(H2,21,22,25,27)/t19-/m0/s1. The lowest BCUT2D eigenvalue weighted by molar-refractivity contribution is -0.134. The van der Waals surface area contributed by atoms with Gasteiger partial charge in [0.15, 0.2) is 0 Å². The molecule has 8 nitrogen and oxygen atoms in total. The number of rotatable bonds is 4. The third-order valence-electron chi connectivity index (χ3n) is 5.17. The van der Waals surface area contributed by atoms with Gasteiger partial charge in [0, 0.05) is 10.5 Å². The van der Waals surface area contributed by atoms with E-state index in [0.717, 1.165) is 41.5 Å². The molecule has 1 saturated carbocycles. The molecule has 1 aromatic rings. The average Bonchev–Trinajstić information content (AvgIpc) is 2.86. The van der Waals surface area contributed by atoms with Gasteiger partial charge in [-0.15, -0.1) is 0 Å². The van der Waals surface area contributed by atoms with Gasteiger partial charge in [0.2, 0.25) is 5.91 Å². The maximum atomic E-state index is 12.8. The van der Waals surface area contributed by atoms with Crippen molar-refractivity contribution < 1.29 is 19.2 Å². The number of hydrogen-bond acceptors (Lipinski definition) is 4. The van der Waals surface area contributed by atoms with E-state index in [4.69, 9.17) is 0 Å². The Labute approximate surface area is 171 Å². The molecule has 150 valence electrons. The van der Waals surface area contributed by atoms with Crippen LogP contribution in [0.5, 0.6) is 0 Å². The summed E-state index contributed by atoms with van der Waals surface area (Å²) >= 11 is 3.35. The second-order valence-electron chi connectivity index (χ2n) is 7.31. The summed E-state index contributed by atoms with van der Waals surface area (Å²) in [6, 6.07) is 5.81. The summed E-state index contributed by atoms with van der Waals surface area (Å²) in [7, 11) is 0. The fourth-order valence-corrected chi connectivity index (χ4v) is 4.01. The summed E-state index contributed by atoms with van der Waals surface area (Å²) in [5.41, 5.74) is -0.677. The number of hydrogen-bond donors (Lipinski definition) is 3. The van der Waals surface area contributed by atoms with Crippen molar-refractivity contribution in [3.8, 4) is 0 Å². The van der Waals surface area contributed by atoms with Gasteiger partial charge < -0.3 is 10.6 Å². The third kappa shape index (κ3) is 4.35. The smallest absolute Gasteiger partial charge is 0.325 e. The number of nitrogens with one attached hydrogen (secondary N) is 3. The number of imide groups is 2. The zero-order chi connectivity index (χ0) is 20.3. The van der Waals surface area contributed by atoms with E-state index in [-0.39, 0.29) is 6.04 Å². The Kier molecular flexibility index (Phi) is 6.02. The quantitative estimate of drug-likeness (QED) is 0.611. The summed E-state index contributed by atoms with van der Waals surface area (Å²) in [5, 5.41) is 7.60. The molecule has 1 aliphatic carbocycles. The van der Waals surface area contributed by atoms with Gasteiger partial charge in [0.1, 0.15) is 12.1 Å². The topological polar surface area (TPSA) is 108 Å². The normalized spacial score (nSPS) is 22.7. The molecule has 1 saturated heterocycles. The zero-order valence-corrected chi connectivity index (χ0v) is 17.2. The van der Waals surface area contributed by atoms with E-state index < -0.39 is 36.0 Å². The van der Waals surface area contributed by atoms with Gasteiger partial charge in [-0.2, -0.15) is 0 Å². The average molecular weight is 451 g/mol. The number of carbonyl (C=O) groups is 4. The summed E-state index contributed by atoms with van der Waals surface area (Å²) in [6.07, 6.45) is 5.03. The van der Waals surface area contributed by atoms with Crippen molar-refractivity contribution in [2.45, 2.75) is 50.6 Å². The molecule has 0 radical (unpaired) electrons. The van der Waals surface area contributed by atoms with E-state index in [0.29, 0.717) is 5.56 Å². The van der Waals surface area contributed by atoms with Crippen LogP contribution in [0.4, 0.5) is 9.59 Å². The molecule has 0 bridgehead atoms. The highest BCUT2D eigenvalue weighted by Crippen LogP contribution is 2.30. The van der Waals surface area contributed by atoms with Crippen LogP contribution in [0.1, 0.15) is 44.6 Å². The molecule has 6 amide bonds. The van der Waals surface area contributed by atoms with Crippen LogP contribution in [0.25, 0.3) is 0 Å². The minimum atomic E-state index is -1.27. The van der Waals surface area contributed by atoms with Crippen molar-refractivity contribution in [1.29, 1.82) is 0 Å². The predicted octanol–water partition coefficient (Wildman–Crippen LogP) is 2.37. The molecule has 1 heterocycles. The van der Waals surface area contributed by atoms with Crippen LogP contribution < -0.4 is 16.0 Å². The highest BCUT2D eigenvalue weighted by molar-refractivity contribution is 9.10. The van der Waals surface area contributed by atoms with Gasteiger partial charge in [-0.25, -0.2) is 9.59 Å². The van der Waals surface area contributed by atoms with Crippen LogP contribution in [0.15, 0.2) is 28.7 Å². The highest BCUT2D eigenvalue weighted by atomic mass is 79.9. The Morgan fingerprint density at radius 3 is 2.64 bits per heavy atom. The molecule has 1 aliphatic heterocycles. The van der Waals surface area contributed by atoms with Crippen LogP contribution in [-0.4, -0.2) is 41.4 Å². The molecule has 0 aromatic heterocycles. The lowest BCUT2D eigenvalue weighted by atomic mass is 9.92. The van der Waals surface area contributed by atoms with E-state index in [1.807, 2.05) is 6.07 Å². The number of benzene rings is 1. The fourth-order valence-electron chi connectivity index (χ4n) is 3.61. The molecule has 1 aromatic carbocycles. The van der Waals surface area contributed by atoms with E-state index in [9.17, 15) is 19.2 Å². The summed E-state index contributed by atoms with van der Waals surface area (Å²) in [5.74, 6) is -1.26. The van der Waals surface area contributed by atoms with E-state index in [1.165, 1.54) is 0 Å². The SMILES string of the molecule is C[C@@]1(c2cccc(Br)c2)NC(=O)N(CC(=O)NC(=O)NC2CCCCC2)C1=O. The molecule has 3 N–H and O–H groups in total. The molecule has 28 heavy (non-hydrogen) atoms. The largest absolute Gasteiger partial charge is 0.335 e. The van der Waals surface area contributed by atoms with Gasteiger partial charge in [-0.05, 0) is 37.5 Å². The Hall–Kier alpha value is -2.42. The van der Waals surface area contributed by atoms with Crippen molar-refractivity contribution in [2.24, 2.45) is 0 Å². The van der Waals surface area contributed by atoms with Crippen LogP contribution in [0, 0.1) is 0 Å². The van der Waals surface area contributed by atoms with Gasteiger partial charge in [-0.3, -0.25) is 19.8 Å². The zero-order valence-electron chi connectivity index (χ0n) is 15.6. The van der Waals surface area contributed by atoms with Gasteiger partial charge in [0.05, 0.1) is 0 Å². The van der Waals surface area contributed by atoms with E-state index in [1.54, 1.807) is 25.1 Å². The first-order chi connectivity index (χ1) is 13.3. The first-order valence-electron chi connectivity index (χ1n) is 9.30. The lowest BCUT2D eigenvalue weighted by Crippen LogP contribution is -2.49.